The summed E-state index contributed by atoms with van der Waals surface area (Å²) in [6.07, 6.45) is 6.49. The lowest BCUT2D eigenvalue weighted by molar-refractivity contribution is 0.0328. The molecule has 2 saturated carbocycles. The fourth-order valence-corrected chi connectivity index (χ4v) is 2.59. The van der Waals surface area contributed by atoms with Crippen LogP contribution in [0.2, 0.25) is 0 Å². The van der Waals surface area contributed by atoms with Gasteiger partial charge in [0.15, 0.2) is 5.69 Å². The number of rotatable bonds is 5. The molecule has 2 aliphatic carbocycles. The number of hydrogen-bond acceptors (Lipinski definition) is 5. The molecule has 0 radical (unpaired) electrons. The van der Waals surface area contributed by atoms with Crippen molar-refractivity contribution in [3.8, 4) is 0 Å². The van der Waals surface area contributed by atoms with E-state index in [4.69, 9.17) is 9.47 Å². The summed E-state index contributed by atoms with van der Waals surface area (Å²) in [5.41, 5.74) is 2.38. The number of ether oxygens (including phenoxy) is 2. The number of anilines is 1. The van der Waals surface area contributed by atoms with Crippen LogP contribution in [0.1, 0.15) is 47.7 Å². The Bertz CT molecular complexity index is 508. The highest BCUT2D eigenvalue weighted by molar-refractivity contribution is 5.93. The third-order valence-corrected chi connectivity index (χ3v) is 4.12. The van der Waals surface area contributed by atoms with Crippen LogP contribution in [0.4, 0.5) is 5.69 Å². The Morgan fingerprint density at radius 3 is 2.70 bits per heavy atom. The van der Waals surface area contributed by atoms with E-state index in [1.54, 1.807) is 13.3 Å². The summed E-state index contributed by atoms with van der Waals surface area (Å²) in [5, 5.41) is 3.41. The van der Waals surface area contributed by atoms with Crippen molar-refractivity contribution in [3.63, 3.8) is 0 Å². The number of aromatic nitrogens is 1. The molecule has 1 aromatic heterocycles. The summed E-state index contributed by atoms with van der Waals surface area (Å²) in [7, 11) is 3.11. The second kappa shape index (κ2) is 5.40. The van der Waals surface area contributed by atoms with E-state index in [0.717, 1.165) is 18.5 Å². The number of methoxy groups -OCH3 is 2. The smallest absolute Gasteiger partial charge is 0.358 e. The number of hydrogen-bond donors (Lipinski definition) is 1. The number of nitrogens with zero attached hydrogens (tertiary/aromatic N) is 1. The standard InChI is InChI=1S/C15H20N2O3/c1-19-12-6-11(7-12)17-13-5-10(9-3-4-9)8-16-14(13)15(18)20-2/h5,8-9,11-12,17H,3-4,6-7H2,1-2H3/t11-,12+. The van der Waals surface area contributed by atoms with Crippen molar-refractivity contribution < 1.29 is 14.3 Å². The molecule has 0 amide bonds. The van der Waals surface area contributed by atoms with E-state index < -0.39 is 5.97 Å². The maximum absolute atomic E-state index is 11.8. The molecule has 0 spiro atoms. The molecule has 0 bridgehead atoms. The topological polar surface area (TPSA) is 60.5 Å². The Labute approximate surface area is 118 Å². The molecule has 1 aromatic rings. The highest BCUT2D eigenvalue weighted by Gasteiger charge is 2.31. The summed E-state index contributed by atoms with van der Waals surface area (Å²) < 4.78 is 10.1. The molecular weight excluding hydrogens is 256 g/mol. The first kappa shape index (κ1) is 13.4. The van der Waals surface area contributed by atoms with E-state index in [-0.39, 0.29) is 0 Å². The normalized spacial score (nSPS) is 24.9. The van der Waals surface area contributed by atoms with Gasteiger partial charge in [0.25, 0.3) is 0 Å². The SMILES string of the molecule is COC(=O)c1ncc(C2CC2)cc1N[C@H]1C[C@@H](OC)C1. The van der Waals surface area contributed by atoms with Gasteiger partial charge in [0.1, 0.15) is 0 Å². The predicted octanol–water partition coefficient (Wildman–Crippen LogP) is 2.33. The van der Waals surface area contributed by atoms with Gasteiger partial charge in [0.2, 0.25) is 0 Å². The zero-order valence-corrected chi connectivity index (χ0v) is 11.9. The minimum absolute atomic E-state index is 0.327. The van der Waals surface area contributed by atoms with E-state index in [1.165, 1.54) is 25.5 Å². The molecule has 3 rings (SSSR count). The van der Waals surface area contributed by atoms with E-state index in [9.17, 15) is 4.79 Å². The predicted molar refractivity (Wildman–Crippen MR) is 75.0 cm³/mol. The van der Waals surface area contributed by atoms with E-state index >= 15 is 0 Å². The highest BCUT2D eigenvalue weighted by Crippen LogP contribution is 2.41. The molecule has 5 heteroatoms. The number of esters is 1. The quantitative estimate of drug-likeness (QED) is 0.836. The van der Waals surface area contributed by atoms with Crippen molar-refractivity contribution in [2.75, 3.05) is 19.5 Å². The monoisotopic (exact) mass is 276 g/mol. The largest absolute Gasteiger partial charge is 0.464 e. The molecule has 108 valence electrons. The summed E-state index contributed by atoms with van der Waals surface area (Å²) >= 11 is 0. The Balaban J connectivity index is 1.78. The first-order chi connectivity index (χ1) is 9.71. The number of pyridine rings is 1. The molecular formula is C15H20N2O3. The van der Waals surface area contributed by atoms with E-state index in [2.05, 4.69) is 16.4 Å². The second-order valence-electron chi connectivity index (χ2n) is 5.60. The molecule has 2 aliphatic rings. The third kappa shape index (κ3) is 2.63. The maximum Gasteiger partial charge on any atom is 0.358 e. The van der Waals surface area contributed by atoms with Crippen molar-refractivity contribution in [3.05, 3.63) is 23.5 Å². The van der Waals surface area contributed by atoms with Crippen LogP contribution in [0.15, 0.2) is 12.3 Å². The van der Waals surface area contributed by atoms with Gasteiger partial charge in [-0.3, -0.25) is 0 Å². The van der Waals surface area contributed by atoms with Gasteiger partial charge in [-0.15, -0.1) is 0 Å². The summed E-state index contributed by atoms with van der Waals surface area (Å²) in [6.45, 7) is 0. The average molecular weight is 276 g/mol. The first-order valence-electron chi connectivity index (χ1n) is 7.09. The van der Waals surface area contributed by atoms with Crippen LogP contribution in [0, 0.1) is 0 Å². The maximum atomic E-state index is 11.8. The zero-order chi connectivity index (χ0) is 14.1. The summed E-state index contributed by atoms with van der Waals surface area (Å²) in [4.78, 5) is 16.1. The fourth-order valence-electron chi connectivity index (χ4n) is 2.59. The molecule has 0 atom stereocenters. The van der Waals surface area contributed by atoms with Gasteiger partial charge in [0.05, 0.1) is 18.9 Å². The lowest BCUT2D eigenvalue weighted by Crippen LogP contribution is -2.40. The summed E-state index contributed by atoms with van der Waals surface area (Å²) in [6, 6.07) is 2.40. The minimum atomic E-state index is -0.391. The van der Waals surface area contributed by atoms with E-state index in [0.29, 0.717) is 23.8 Å². The van der Waals surface area contributed by atoms with Gasteiger partial charge in [-0.1, -0.05) is 0 Å². The Hall–Kier alpha value is -1.62. The third-order valence-electron chi connectivity index (χ3n) is 4.12. The second-order valence-corrected chi connectivity index (χ2v) is 5.60. The van der Waals surface area contributed by atoms with Crippen LogP contribution in [-0.2, 0) is 9.47 Å². The van der Waals surface area contributed by atoms with Gasteiger partial charge >= 0.3 is 5.97 Å². The first-order valence-corrected chi connectivity index (χ1v) is 7.09. The fraction of sp³-hybridized carbons (Fsp3) is 0.600. The van der Waals surface area contributed by atoms with Gasteiger partial charge in [-0.25, -0.2) is 9.78 Å². The molecule has 5 nitrogen and oxygen atoms in total. The number of nitrogens with one attached hydrogen (secondary N) is 1. The minimum Gasteiger partial charge on any atom is -0.464 e. The van der Waals surface area contributed by atoms with Crippen LogP contribution in [0.3, 0.4) is 0 Å². The number of carbonyl (C=O) groups is 1. The van der Waals surface area contributed by atoms with Gasteiger partial charge < -0.3 is 14.8 Å². The molecule has 1 heterocycles. The van der Waals surface area contributed by atoms with Crippen LogP contribution in [0.25, 0.3) is 0 Å². The van der Waals surface area contributed by atoms with Gasteiger partial charge in [-0.2, -0.15) is 0 Å². The van der Waals surface area contributed by atoms with Gasteiger partial charge in [-0.05, 0) is 43.2 Å². The van der Waals surface area contributed by atoms with Crippen molar-refractivity contribution in [1.82, 2.24) is 4.98 Å². The molecule has 0 aliphatic heterocycles. The van der Waals surface area contributed by atoms with Crippen molar-refractivity contribution in [2.24, 2.45) is 0 Å². The molecule has 1 N–H and O–H groups in total. The lowest BCUT2D eigenvalue weighted by atomic mass is 9.89. The average Bonchev–Trinajstić information content (AvgIpc) is 3.25. The zero-order valence-electron chi connectivity index (χ0n) is 11.9. The van der Waals surface area contributed by atoms with Crippen LogP contribution >= 0.6 is 0 Å². The number of carbonyl (C=O) groups excluding carboxylic acids is 1. The van der Waals surface area contributed by atoms with Crippen molar-refractivity contribution in [2.45, 2.75) is 43.7 Å². The Morgan fingerprint density at radius 1 is 1.35 bits per heavy atom. The molecule has 0 unspecified atom stereocenters. The molecule has 0 aromatic carbocycles. The van der Waals surface area contributed by atoms with Gasteiger partial charge in [0, 0.05) is 19.3 Å². The Morgan fingerprint density at radius 2 is 2.10 bits per heavy atom. The molecule has 20 heavy (non-hydrogen) atoms. The van der Waals surface area contributed by atoms with Crippen LogP contribution < -0.4 is 5.32 Å². The highest BCUT2D eigenvalue weighted by atomic mass is 16.5. The lowest BCUT2D eigenvalue weighted by Gasteiger charge is -2.35. The molecule has 0 saturated heterocycles. The Kier molecular flexibility index (Phi) is 3.61. The van der Waals surface area contributed by atoms with E-state index in [1.807, 2.05) is 0 Å². The van der Waals surface area contributed by atoms with Crippen LogP contribution in [-0.4, -0.2) is 37.3 Å². The summed E-state index contributed by atoms with van der Waals surface area (Å²) in [5.74, 6) is 0.223. The van der Waals surface area contributed by atoms with Crippen LogP contribution in [0.5, 0.6) is 0 Å². The van der Waals surface area contributed by atoms with Crippen molar-refractivity contribution in [1.29, 1.82) is 0 Å². The van der Waals surface area contributed by atoms with Crippen molar-refractivity contribution >= 4 is 11.7 Å². The molecule has 2 fully saturated rings.